The van der Waals surface area contributed by atoms with Crippen LogP contribution >= 0.6 is 0 Å². The van der Waals surface area contributed by atoms with Gasteiger partial charge in [0.15, 0.2) is 13.6 Å². The molecule has 32 heavy (non-hydrogen) atoms. The number of phenolic OH excluding ortho intramolecular Hbond substituents is 1. The van der Waals surface area contributed by atoms with Gasteiger partial charge in [-0.15, -0.1) is 0 Å². The molecule has 0 aromatic heterocycles. The van der Waals surface area contributed by atoms with Gasteiger partial charge in [0, 0.05) is 25.8 Å². The second-order valence-corrected chi connectivity index (χ2v) is 7.51. The summed E-state index contributed by atoms with van der Waals surface area (Å²) in [4.78, 5) is 0. The van der Waals surface area contributed by atoms with E-state index >= 15 is 0 Å². The number of methoxy groups -OCH3 is 2. The minimum absolute atomic E-state index is 0.112. The van der Waals surface area contributed by atoms with Crippen molar-refractivity contribution in [2.45, 2.75) is 11.5 Å². The monoisotopic (exact) mass is 438 g/mol. The summed E-state index contributed by atoms with van der Waals surface area (Å²) in [5.74, 6) is 1.51. The van der Waals surface area contributed by atoms with Crippen LogP contribution in [-0.2, 0) is 15.1 Å². The molecule has 0 spiro atoms. The molecule has 1 heterocycles. The Hall–Kier alpha value is -3.26. The topological polar surface area (TPSA) is 86.6 Å². The molecule has 7 nitrogen and oxygen atoms in total. The Morgan fingerprint density at radius 3 is 2.16 bits per heavy atom. The lowest BCUT2D eigenvalue weighted by molar-refractivity contribution is 0.00992. The van der Waals surface area contributed by atoms with Gasteiger partial charge in [0.1, 0.15) is 28.6 Å². The zero-order valence-electron chi connectivity index (χ0n) is 18.0. The molecule has 0 bridgehead atoms. The molecule has 3 aromatic carbocycles. The first kappa shape index (κ1) is 22.0. The largest absolute Gasteiger partial charge is 0.508 e. The number of hydrogen-bond acceptors (Lipinski definition) is 7. The number of aliphatic hydroxyl groups is 1. The van der Waals surface area contributed by atoms with Gasteiger partial charge >= 0.3 is 0 Å². The lowest BCUT2D eigenvalue weighted by Gasteiger charge is -2.42. The Morgan fingerprint density at radius 2 is 1.50 bits per heavy atom. The highest BCUT2D eigenvalue weighted by atomic mass is 16.7. The van der Waals surface area contributed by atoms with Crippen LogP contribution in [0.15, 0.2) is 66.7 Å². The molecule has 2 atom stereocenters. The molecule has 0 fully saturated rings. The molecular formula is C25H26O7. The number of benzene rings is 3. The fourth-order valence-corrected chi connectivity index (χ4v) is 3.97. The Kier molecular flexibility index (Phi) is 6.50. The van der Waals surface area contributed by atoms with Crippen LogP contribution in [0.1, 0.15) is 22.6 Å². The first-order valence-corrected chi connectivity index (χ1v) is 10.2. The SMILES string of the molecule is COCOc1ccc(C2COc3cc(OCOC)ccc3C2(O)c2ccc(O)cc2)cc1. The minimum atomic E-state index is -1.39. The predicted molar refractivity (Wildman–Crippen MR) is 117 cm³/mol. The number of fused-ring (bicyclic) bond motifs is 1. The second kappa shape index (κ2) is 9.48. The van der Waals surface area contributed by atoms with Crippen LogP contribution in [0.25, 0.3) is 0 Å². The standard InChI is InChI=1S/C25H26O7/c1-28-15-31-20-9-3-17(4-10-20)23-14-30-24-13-21(32-16-29-2)11-12-22(24)25(23,27)18-5-7-19(26)8-6-18/h3-13,23,26-27H,14-16H2,1-2H3. The van der Waals surface area contributed by atoms with Gasteiger partial charge in [0.2, 0.25) is 0 Å². The summed E-state index contributed by atoms with van der Waals surface area (Å²) in [5, 5.41) is 22.0. The summed E-state index contributed by atoms with van der Waals surface area (Å²) in [6, 6.07) is 19.4. The summed E-state index contributed by atoms with van der Waals surface area (Å²) in [5.41, 5.74) is 0.755. The molecule has 7 heteroatoms. The third kappa shape index (κ3) is 4.23. The number of rotatable bonds is 8. The van der Waals surface area contributed by atoms with Crippen molar-refractivity contribution >= 4 is 0 Å². The quantitative estimate of drug-likeness (QED) is 0.518. The lowest BCUT2D eigenvalue weighted by Crippen LogP contribution is -2.41. The Morgan fingerprint density at radius 1 is 0.875 bits per heavy atom. The van der Waals surface area contributed by atoms with Gasteiger partial charge in [-0.05, 0) is 47.5 Å². The predicted octanol–water partition coefficient (Wildman–Crippen LogP) is 3.77. The molecule has 0 saturated heterocycles. The van der Waals surface area contributed by atoms with Crippen LogP contribution in [0.3, 0.4) is 0 Å². The molecule has 4 rings (SSSR count). The molecule has 2 N–H and O–H groups in total. The molecule has 0 amide bonds. The van der Waals surface area contributed by atoms with Crippen LogP contribution in [0.2, 0.25) is 0 Å². The third-order valence-corrected chi connectivity index (χ3v) is 5.55. The van der Waals surface area contributed by atoms with E-state index in [1.807, 2.05) is 24.3 Å². The minimum Gasteiger partial charge on any atom is -0.508 e. The Labute approximate surface area is 186 Å². The van der Waals surface area contributed by atoms with Crippen LogP contribution < -0.4 is 14.2 Å². The second-order valence-electron chi connectivity index (χ2n) is 7.51. The van der Waals surface area contributed by atoms with E-state index in [1.165, 1.54) is 0 Å². The summed E-state index contributed by atoms with van der Waals surface area (Å²) >= 11 is 0. The first-order chi connectivity index (χ1) is 15.6. The Bertz CT molecular complexity index is 1030. The third-order valence-electron chi connectivity index (χ3n) is 5.55. The van der Waals surface area contributed by atoms with Gasteiger partial charge in [0.25, 0.3) is 0 Å². The molecule has 0 radical (unpaired) electrons. The van der Waals surface area contributed by atoms with Crippen LogP contribution in [0.4, 0.5) is 0 Å². The Balaban J connectivity index is 1.76. The van der Waals surface area contributed by atoms with Crippen molar-refractivity contribution in [1.29, 1.82) is 0 Å². The van der Waals surface area contributed by atoms with E-state index in [2.05, 4.69) is 0 Å². The maximum Gasteiger partial charge on any atom is 0.188 e. The average molecular weight is 438 g/mol. The smallest absolute Gasteiger partial charge is 0.188 e. The van der Waals surface area contributed by atoms with Crippen LogP contribution in [0, 0.1) is 0 Å². The molecule has 1 aliphatic heterocycles. The van der Waals surface area contributed by atoms with Gasteiger partial charge in [0.05, 0.1) is 12.5 Å². The first-order valence-electron chi connectivity index (χ1n) is 10.2. The van der Waals surface area contributed by atoms with Crippen molar-refractivity contribution < 1.29 is 33.9 Å². The van der Waals surface area contributed by atoms with Crippen molar-refractivity contribution in [1.82, 2.24) is 0 Å². The fraction of sp³-hybridized carbons (Fsp3) is 0.280. The number of phenols is 1. The average Bonchev–Trinajstić information content (AvgIpc) is 2.82. The van der Waals surface area contributed by atoms with Crippen molar-refractivity contribution in [2.75, 3.05) is 34.4 Å². The van der Waals surface area contributed by atoms with Gasteiger partial charge in [-0.1, -0.05) is 24.3 Å². The highest BCUT2D eigenvalue weighted by Crippen LogP contribution is 2.50. The maximum absolute atomic E-state index is 12.2. The number of aromatic hydroxyl groups is 1. The van der Waals surface area contributed by atoms with Crippen LogP contribution in [-0.4, -0.2) is 44.6 Å². The van der Waals surface area contributed by atoms with E-state index in [0.29, 0.717) is 28.4 Å². The maximum atomic E-state index is 12.2. The normalized spacial score (nSPS) is 19.7. The highest BCUT2D eigenvalue weighted by Gasteiger charge is 2.46. The summed E-state index contributed by atoms with van der Waals surface area (Å²) in [6.07, 6.45) is 0. The van der Waals surface area contributed by atoms with Crippen LogP contribution in [0.5, 0.6) is 23.0 Å². The van der Waals surface area contributed by atoms with E-state index in [-0.39, 0.29) is 25.9 Å². The van der Waals surface area contributed by atoms with Gasteiger partial charge in [-0.2, -0.15) is 0 Å². The fourth-order valence-electron chi connectivity index (χ4n) is 3.97. The van der Waals surface area contributed by atoms with Crippen molar-refractivity contribution in [3.63, 3.8) is 0 Å². The molecule has 168 valence electrons. The molecule has 1 aliphatic rings. The molecule has 3 aromatic rings. The lowest BCUT2D eigenvalue weighted by atomic mass is 9.71. The van der Waals surface area contributed by atoms with Crippen molar-refractivity contribution in [3.8, 4) is 23.0 Å². The van der Waals surface area contributed by atoms with Gasteiger partial charge in [-0.25, -0.2) is 0 Å². The highest BCUT2D eigenvalue weighted by molar-refractivity contribution is 5.53. The zero-order chi connectivity index (χ0) is 22.6. The molecule has 0 saturated carbocycles. The molecular weight excluding hydrogens is 412 g/mol. The molecule has 2 unspecified atom stereocenters. The van der Waals surface area contributed by atoms with E-state index in [9.17, 15) is 10.2 Å². The van der Waals surface area contributed by atoms with E-state index in [1.54, 1.807) is 56.7 Å². The van der Waals surface area contributed by atoms with Gasteiger partial charge in [-0.3, -0.25) is 0 Å². The summed E-state index contributed by atoms with van der Waals surface area (Å²) < 4.78 is 27.0. The summed E-state index contributed by atoms with van der Waals surface area (Å²) in [6.45, 7) is 0.516. The van der Waals surface area contributed by atoms with E-state index < -0.39 is 11.5 Å². The zero-order valence-corrected chi connectivity index (χ0v) is 18.0. The van der Waals surface area contributed by atoms with E-state index in [0.717, 1.165) is 5.56 Å². The molecule has 0 aliphatic carbocycles. The van der Waals surface area contributed by atoms with Crippen molar-refractivity contribution in [2.24, 2.45) is 0 Å². The van der Waals surface area contributed by atoms with Crippen molar-refractivity contribution in [3.05, 3.63) is 83.4 Å². The van der Waals surface area contributed by atoms with E-state index in [4.69, 9.17) is 23.7 Å². The summed E-state index contributed by atoms with van der Waals surface area (Å²) in [7, 11) is 3.11. The van der Waals surface area contributed by atoms with Gasteiger partial charge < -0.3 is 33.9 Å². The number of hydrogen-bond donors (Lipinski definition) is 2. The number of ether oxygens (including phenoxy) is 5.